The normalized spacial score (nSPS) is 3.60. The molecule has 0 saturated heterocycles. The SMILES string of the molecule is C[CH-]C.[Cl-].[Mg+2]. The molecule has 0 N–H and O–H groups in total. The Labute approximate surface area is 55.9 Å². The second-order valence-corrected chi connectivity index (χ2v) is 0.577. The van der Waals surface area contributed by atoms with Crippen molar-refractivity contribution in [2.75, 3.05) is 0 Å². The Kier molecular flexibility index (Phi) is 65.2. The van der Waals surface area contributed by atoms with Gasteiger partial charge in [0.2, 0.25) is 0 Å². The Bertz CT molecular complexity index is 6.85. The third-order valence-corrected chi connectivity index (χ3v) is 0. The summed E-state index contributed by atoms with van der Waals surface area (Å²) in [4.78, 5) is 0. The topological polar surface area (TPSA) is 0 Å². The van der Waals surface area contributed by atoms with E-state index in [-0.39, 0.29) is 35.5 Å². The quantitative estimate of drug-likeness (QED) is 0.242. The molecule has 0 spiro atoms. The zero-order chi connectivity index (χ0) is 2.71. The maximum absolute atomic E-state index is 2.00. The van der Waals surface area contributed by atoms with Gasteiger partial charge in [-0.05, 0) is 0 Å². The van der Waals surface area contributed by atoms with Crippen LogP contribution in [0.4, 0.5) is 0 Å². The van der Waals surface area contributed by atoms with Gasteiger partial charge in [0.15, 0.2) is 0 Å². The monoisotopic (exact) mass is 102 g/mol. The van der Waals surface area contributed by atoms with Gasteiger partial charge in [0.25, 0.3) is 0 Å². The summed E-state index contributed by atoms with van der Waals surface area (Å²) >= 11 is 0. The molecule has 5 heavy (non-hydrogen) atoms. The van der Waals surface area contributed by atoms with Crippen LogP contribution in [0.15, 0.2) is 0 Å². The zero-order valence-corrected chi connectivity index (χ0v) is 5.83. The standard InChI is InChI=1S/C3H7.ClH.Mg/c1-3-2;;/h3H,1-2H3;1H;/q-1;;+2/p-1. The second kappa shape index (κ2) is 19.7. The first-order valence-corrected chi connectivity index (χ1v) is 1.15. The van der Waals surface area contributed by atoms with Crippen LogP contribution in [0.5, 0.6) is 0 Å². The molecular weight excluding hydrogens is 95.8 g/mol. The van der Waals surface area contributed by atoms with Gasteiger partial charge in [-0.15, -0.1) is 0 Å². The first-order chi connectivity index (χ1) is 1.41. The van der Waals surface area contributed by atoms with Gasteiger partial charge in [-0.25, -0.2) is 0 Å². The number of rotatable bonds is 0. The number of hydrogen-bond acceptors (Lipinski definition) is 0. The molecule has 0 radical (unpaired) electrons. The average Bonchev–Trinajstić information content (AvgIpc) is 0.918. The van der Waals surface area contributed by atoms with E-state index in [9.17, 15) is 0 Å². The van der Waals surface area contributed by atoms with Gasteiger partial charge in [0.05, 0.1) is 0 Å². The Morgan fingerprint density at radius 2 is 1.20 bits per heavy atom. The van der Waals surface area contributed by atoms with Crippen molar-refractivity contribution in [2.45, 2.75) is 13.8 Å². The zero-order valence-electron chi connectivity index (χ0n) is 3.66. The van der Waals surface area contributed by atoms with Crippen molar-refractivity contribution in [1.29, 1.82) is 0 Å². The number of halogens is 1. The van der Waals surface area contributed by atoms with Crippen LogP contribution in [0.2, 0.25) is 0 Å². The van der Waals surface area contributed by atoms with E-state index < -0.39 is 0 Å². The van der Waals surface area contributed by atoms with Crippen LogP contribution in [-0.2, 0) is 0 Å². The van der Waals surface area contributed by atoms with Crippen LogP contribution >= 0.6 is 0 Å². The molecule has 0 aromatic rings. The van der Waals surface area contributed by atoms with E-state index in [2.05, 4.69) is 0 Å². The molecule has 0 amide bonds. The molecule has 0 aromatic carbocycles. The molecule has 0 aromatic heterocycles. The summed E-state index contributed by atoms with van der Waals surface area (Å²) in [6.45, 7) is 4.00. The van der Waals surface area contributed by atoms with Crippen LogP contribution in [0.3, 0.4) is 0 Å². The Morgan fingerprint density at radius 3 is 1.20 bits per heavy atom. The molecule has 0 atom stereocenters. The smallest absolute Gasteiger partial charge is 1.00 e. The summed E-state index contributed by atoms with van der Waals surface area (Å²) in [5.74, 6) is 0. The predicted octanol–water partition coefficient (Wildman–Crippen LogP) is -2.15. The first-order valence-electron chi connectivity index (χ1n) is 1.15. The molecule has 0 aliphatic heterocycles. The minimum atomic E-state index is 0. The summed E-state index contributed by atoms with van der Waals surface area (Å²) in [5.41, 5.74) is 0. The van der Waals surface area contributed by atoms with Crippen molar-refractivity contribution in [3.05, 3.63) is 6.42 Å². The molecule has 0 unspecified atom stereocenters. The van der Waals surface area contributed by atoms with Crippen molar-refractivity contribution in [1.82, 2.24) is 0 Å². The van der Waals surface area contributed by atoms with Gasteiger partial charge in [0.1, 0.15) is 0 Å². The molecule has 28 valence electrons. The van der Waals surface area contributed by atoms with Crippen LogP contribution in [0.25, 0.3) is 0 Å². The predicted molar refractivity (Wildman–Crippen MR) is 21.4 cm³/mol. The van der Waals surface area contributed by atoms with E-state index in [0.29, 0.717) is 0 Å². The van der Waals surface area contributed by atoms with Crippen molar-refractivity contribution < 1.29 is 12.4 Å². The molecule has 0 aliphatic rings. The fourth-order valence-corrected chi connectivity index (χ4v) is 0. The molecular formula is C3H7ClMg. The van der Waals surface area contributed by atoms with Crippen LogP contribution < -0.4 is 12.4 Å². The van der Waals surface area contributed by atoms with E-state index in [4.69, 9.17) is 0 Å². The summed E-state index contributed by atoms with van der Waals surface area (Å²) in [6.07, 6.45) is 2.00. The minimum absolute atomic E-state index is 0. The summed E-state index contributed by atoms with van der Waals surface area (Å²) in [7, 11) is 0. The third-order valence-electron chi connectivity index (χ3n) is 0. The molecule has 0 fully saturated rings. The van der Waals surface area contributed by atoms with E-state index >= 15 is 0 Å². The maximum atomic E-state index is 2.00. The largest absolute Gasteiger partial charge is 2.00 e. The Morgan fingerprint density at radius 1 is 1.20 bits per heavy atom. The molecule has 0 rings (SSSR count). The van der Waals surface area contributed by atoms with Crippen LogP contribution in [0.1, 0.15) is 13.8 Å². The molecule has 2 heteroatoms. The fourth-order valence-electron chi connectivity index (χ4n) is 0. The Balaban J connectivity index is -0.0000000200. The third kappa shape index (κ3) is 42.3. The van der Waals surface area contributed by atoms with E-state index in [1.807, 2.05) is 20.3 Å². The van der Waals surface area contributed by atoms with E-state index in [0.717, 1.165) is 0 Å². The molecule has 0 heterocycles. The second-order valence-electron chi connectivity index (χ2n) is 0.577. The van der Waals surface area contributed by atoms with Gasteiger partial charge >= 0.3 is 23.1 Å². The van der Waals surface area contributed by atoms with Crippen LogP contribution in [-0.4, -0.2) is 23.1 Å². The van der Waals surface area contributed by atoms with Crippen molar-refractivity contribution in [3.8, 4) is 0 Å². The maximum Gasteiger partial charge on any atom is 2.00 e. The van der Waals surface area contributed by atoms with E-state index in [1.165, 1.54) is 0 Å². The average molecular weight is 103 g/mol. The van der Waals surface area contributed by atoms with Crippen molar-refractivity contribution in [2.24, 2.45) is 0 Å². The van der Waals surface area contributed by atoms with Crippen LogP contribution in [0, 0.1) is 6.42 Å². The van der Waals surface area contributed by atoms with Crippen molar-refractivity contribution in [3.63, 3.8) is 0 Å². The molecule has 0 aliphatic carbocycles. The van der Waals surface area contributed by atoms with Gasteiger partial charge < -0.3 is 18.8 Å². The van der Waals surface area contributed by atoms with Crippen molar-refractivity contribution >= 4 is 23.1 Å². The number of hydrogen-bond donors (Lipinski definition) is 0. The van der Waals surface area contributed by atoms with Gasteiger partial charge in [-0.3, -0.25) is 0 Å². The first kappa shape index (κ1) is 16.6. The van der Waals surface area contributed by atoms with Gasteiger partial charge in [-0.1, -0.05) is 0 Å². The van der Waals surface area contributed by atoms with Gasteiger partial charge in [0, 0.05) is 0 Å². The Hall–Kier alpha value is 1.06. The molecule has 0 bridgehead atoms. The van der Waals surface area contributed by atoms with Gasteiger partial charge in [-0.2, -0.15) is 13.8 Å². The molecule has 0 nitrogen and oxygen atoms in total. The fraction of sp³-hybridized carbons (Fsp3) is 0.667. The minimum Gasteiger partial charge on any atom is -1.00 e. The summed E-state index contributed by atoms with van der Waals surface area (Å²) < 4.78 is 0. The summed E-state index contributed by atoms with van der Waals surface area (Å²) in [6, 6.07) is 0. The van der Waals surface area contributed by atoms with E-state index in [1.54, 1.807) is 0 Å². The molecule has 0 saturated carbocycles. The summed E-state index contributed by atoms with van der Waals surface area (Å²) in [5, 5.41) is 0.